The molecule has 16 rings (SSSR count). The average Bonchev–Trinajstić information content (AvgIpc) is 4.12. The van der Waals surface area contributed by atoms with Crippen LogP contribution in [0.5, 0.6) is 0 Å². The van der Waals surface area contributed by atoms with E-state index < -0.39 is 0 Å². The second kappa shape index (κ2) is 17.2. The van der Waals surface area contributed by atoms with E-state index in [0.29, 0.717) is 11.3 Å². The predicted octanol–water partition coefficient (Wildman–Crippen LogP) is 18.4. The van der Waals surface area contributed by atoms with Crippen molar-refractivity contribution in [2.45, 2.75) is 63.8 Å². The van der Waals surface area contributed by atoms with Gasteiger partial charge in [-0.1, -0.05) is 163 Å². The molecule has 12 aromatic rings. The second-order valence-corrected chi connectivity index (χ2v) is 24.1. The zero-order valence-corrected chi connectivity index (χ0v) is 46.1. The van der Waals surface area contributed by atoms with Crippen molar-refractivity contribution in [2.24, 2.45) is 0 Å². The molecule has 81 heavy (non-hydrogen) atoms. The minimum absolute atomic E-state index is 0.109. The maximum absolute atomic E-state index is 5.36. The number of anilines is 1. The molecule has 6 heterocycles. The Kier molecular flexibility index (Phi) is 10.0. The van der Waals surface area contributed by atoms with E-state index in [-0.39, 0.29) is 22.3 Å². The van der Waals surface area contributed by atoms with Gasteiger partial charge in [0.25, 0.3) is 0 Å². The quantitative estimate of drug-likeness (QED) is 0.179. The van der Waals surface area contributed by atoms with Crippen molar-refractivity contribution in [1.82, 2.24) is 24.9 Å². The van der Waals surface area contributed by atoms with Crippen LogP contribution in [0.1, 0.15) is 92.1 Å². The van der Waals surface area contributed by atoms with Gasteiger partial charge >= 0.3 is 0 Å². The van der Waals surface area contributed by atoms with Crippen LogP contribution in [-0.4, -0.2) is 24.9 Å². The van der Waals surface area contributed by atoms with E-state index in [9.17, 15) is 0 Å². The standard InChI is InChI=1S/C75H56N6/c1-73(2)58-16-10-7-13-52(58)55-28-19-46(40-61(55)73)64-31-22-43-25-34-67(79-70(43)76-64)49-37-50(68-35-26-44-23-32-65(77-71(44)80-68)47-20-29-56-53-14-8-11-17-59(53)74(3,4)62(56)41-47)39-51(38-49)69-36-27-45-24-33-66(78-72(45)81-69)48-21-30-57-54-15-9-12-18-60(54)75(5,6)63(57)42-48/h7-42,67H,1-6H3,(H,76,79). The lowest BCUT2D eigenvalue weighted by molar-refractivity contribution is 0.660. The first-order chi connectivity index (χ1) is 39.3. The molecule has 0 saturated carbocycles. The molecule has 6 nitrogen and oxygen atoms in total. The molecule has 0 amide bonds. The SMILES string of the molecule is CC1(C)c2ccccc2-c2ccc(-c3ccc4c(n3)NC(c3cc(-c5ccc6ccc(-c7ccc8c(c7)C(C)(C)c7ccccc7-8)nc6n5)cc(-c5ccc6ccc(-c7ccc8c(c7)C(C)(C)c7ccccc7-8)nc6n5)c3)C=C4)cc21. The molecule has 1 atom stereocenters. The number of pyridine rings is 5. The summed E-state index contributed by atoms with van der Waals surface area (Å²) in [6.45, 7) is 13.9. The summed E-state index contributed by atoms with van der Waals surface area (Å²) in [5, 5.41) is 5.83. The Bertz CT molecular complexity index is 4520. The molecule has 0 bridgehead atoms. The van der Waals surface area contributed by atoms with Crippen molar-refractivity contribution in [1.29, 1.82) is 0 Å². The van der Waals surface area contributed by atoms with Crippen molar-refractivity contribution < 1.29 is 0 Å². The van der Waals surface area contributed by atoms with E-state index in [2.05, 4.69) is 265 Å². The highest BCUT2D eigenvalue weighted by Crippen LogP contribution is 2.52. The molecule has 7 aromatic carbocycles. The molecule has 1 aliphatic heterocycles. The van der Waals surface area contributed by atoms with Gasteiger partial charge in [0, 0.05) is 60.4 Å². The first-order valence-corrected chi connectivity index (χ1v) is 28.3. The summed E-state index contributed by atoms with van der Waals surface area (Å²) in [6, 6.07) is 74.7. The van der Waals surface area contributed by atoms with Gasteiger partial charge in [0.2, 0.25) is 0 Å². The summed E-state index contributed by atoms with van der Waals surface area (Å²) in [4.78, 5) is 26.6. The Hall–Kier alpha value is -9.65. The lowest BCUT2D eigenvalue weighted by atomic mass is 9.82. The van der Waals surface area contributed by atoms with Gasteiger partial charge in [-0.25, -0.2) is 24.9 Å². The van der Waals surface area contributed by atoms with Gasteiger partial charge in [0.15, 0.2) is 11.3 Å². The fourth-order valence-electron chi connectivity index (χ4n) is 13.8. The molecular formula is C75H56N6. The summed E-state index contributed by atoms with van der Waals surface area (Å²) in [5.41, 5.74) is 28.6. The normalized spacial score (nSPS) is 16.0. The Labute approximate surface area is 472 Å². The van der Waals surface area contributed by atoms with Crippen LogP contribution in [-0.2, 0) is 16.2 Å². The number of hydrogen-bond acceptors (Lipinski definition) is 6. The minimum Gasteiger partial charge on any atom is -0.359 e. The van der Waals surface area contributed by atoms with E-state index in [4.69, 9.17) is 24.9 Å². The monoisotopic (exact) mass is 1040 g/mol. The topological polar surface area (TPSA) is 76.5 Å². The molecule has 0 radical (unpaired) electrons. The van der Waals surface area contributed by atoms with Gasteiger partial charge in [-0.15, -0.1) is 0 Å². The molecule has 5 aromatic heterocycles. The summed E-state index contributed by atoms with van der Waals surface area (Å²) in [7, 11) is 0. The number of rotatable bonds is 6. The molecule has 386 valence electrons. The highest BCUT2D eigenvalue weighted by Gasteiger charge is 2.38. The number of nitrogens with one attached hydrogen (secondary N) is 1. The highest BCUT2D eigenvalue weighted by molar-refractivity contribution is 5.89. The van der Waals surface area contributed by atoms with E-state index in [1.54, 1.807) is 0 Å². The van der Waals surface area contributed by atoms with Gasteiger partial charge in [-0.3, -0.25) is 0 Å². The third-order valence-corrected chi connectivity index (χ3v) is 18.3. The van der Waals surface area contributed by atoms with Crippen molar-refractivity contribution in [3.63, 3.8) is 0 Å². The number of benzene rings is 7. The molecule has 0 saturated heterocycles. The van der Waals surface area contributed by atoms with Gasteiger partial charge in [-0.05, 0) is 169 Å². The Morgan fingerprint density at radius 1 is 0.321 bits per heavy atom. The van der Waals surface area contributed by atoms with Gasteiger partial charge in [0.05, 0.1) is 34.5 Å². The third kappa shape index (κ3) is 7.29. The van der Waals surface area contributed by atoms with Crippen LogP contribution in [0.25, 0.3) is 118 Å². The van der Waals surface area contributed by atoms with Crippen molar-refractivity contribution in [3.8, 4) is 89.7 Å². The largest absolute Gasteiger partial charge is 0.359 e. The average molecular weight is 1040 g/mol. The first kappa shape index (κ1) is 47.4. The van der Waals surface area contributed by atoms with E-state index in [1.807, 2.05) is 0 Å². The van der Waals surface area contributed by atoms with E-state index in [0.717, 1.165) is 84.0 Å². The predicted molar refractivity (Wildman–Crippen MR) is 332 cm³/mol. The van der Waals surface area contributed by atoms with Crippen LogP contribution in [0.3, 0.4) is 0 Å². The fraction of sp³-hybridized carbons (Fsp3) is 0.133. The Morgan fingerprint density at radius 3 is 1.10 bits per heavy atom. The minimum atomic E-state index is -0.201. The highest BCUT2D eigenvalue weighted by atomic mass is 15.0. The molecule has 1 unspecified atom stereocenters. The van der Waals surface area contributed by atoms with Gasteiger partial charge in [0.1, 0.15) is 5.82 Å². The Morgan fingerprint density at radius 2 is 0.679 bits per heavy atom. The lowest BCUT2D eigenvalue weighted by Gasteiger charge is -2.24. The van der Waals surface area contributed by atoms with Crippen molar-refractivity contribution >= 4 is 34.0 Å². The number of nitrogens with zero attached hydrogens (tertiary/aromatic N) is 5. The van der Waals surface area contributed by atoms with Gasteiger partial charge < -0.3 is 5.32 Å². The number of fused-ring (bicyclic) bond motifs is 12. The molecule has 1 N–H and O–H groups in total. The van der Waals surface area contributed by atoms with Gasteiger partial charge in [-0.2, -0.15) is 0 Å². The maximum Gasteiger partial charge on any atom is 0.160 e. The second-order valence-electron chi connectivity index (χ2n) is 24.1. The summed E-state index contributed by atoms with van der Waals surface area (Å²) in [5.74, 6) is 0.841. The number of hydrogen-bond donors (Lipinski definition) is 1. The molecule has 6 heteroatoms. The van der Waals surface area contributed by atoms with Crippen LogP contribution in [0.4, 0.5) is 5.82 Å². The van der Waals surface area contributed by atoms with Crippen LogP contribution >= 0.6 is 0 Å². The van der Waals surface area contributed by atoms with Crippen molar-refractivity contribution in [2.75, 3.05) is 5.32 Å². The first-order valence-electron chi connectivity index (χ1n) is 28.3. The van der Waals surface area contributed by atoms with Crippen LogP contribution < -0.4 is 5.32 Å². The van der Waals surface area contributed by atoms with Crippen LogP contribution in [0, 0.1) is 0 Å². The van der Waals surface area contributed by atoms with Crippen LogP contribution in [0.2, 0.25) is 0 Å². The van der Waals surface area contributed by atoms with Crippen molar-refractivity contribution in [3.05, 3.63) is 257 Å². The van der Waals surface area contributed by atoms with E-state index >= 15 is 0 Å². The summed E-state index contributed by atoms with van der Waals surface area (Å²) in [6.07, 6.45) is 4.43. The lowest BCUT2D eigenvalue weighted by Crippen LogP contribution is -2.15. The molecule has 3 aliphatic carbocycles. The third-order valence-electron chi connectivity index (χ3n) is 18.3. The number of aromatic nitrogens is 5. The summed E-state index contributed by atoms with van der Waals surface area (Å²) < 4.78 is 0. The fourth-order valence-corrected chi connectivity index (χ4v) is 13.8. The Balaban J connectivity index is 0.782. The zero-order valence-electron chi connectivity index (χ0n) is 46.1. The molecular weight excluding hydrogens is 985 g/mol. The van der Waals surface area contributed by atoms with E-state index in [1.165, 1.54) is 66.8 Å². The molecule has 4 aliphatic rings. The molecule has 0 fully saturated rings. The smallest absolute Gasteiger partial charge is 0.160 e. The molecule has 0 spiro atoms. The summed E-state index contributed by atoms with van der Waals surface area (Å²) >= 11 is 0. The maximum atomic E-state index is 5.36. The van der Waals surface area contributed by atoms with Crippen LogP contribution in [0.15, 0.2) is 212 Å². The zero-order chi connectivity index (χ0) is 54.5.